The third kappa shape index (κ3) is 4.62. The molecule has 0 saturated heterocycles. The number of hydrogen-bond acceptors (Lipinski definition) is 6. The van der Waals surface area contributed by atoms with E-state index in [1.165, 1.54) is 31.2 Å². The lowest BCUT2D eigenvalue weighted by Crippen LogP contribution is -2.33. The second-order valence-corrected chi connectivity index (χ2v) is 7.92. The minimum Gasteiger partial charge on any atom is -0.469 e. The molecule has 0 aliphatic heterocycles. The van der Waals surface area contributed by atoms with E-state index >= 15 is 0 Å². The number of carbonyl (C=O) groups excluding carboxylic acids is 2. The smallest absolute Gasteiger partial charge is 0.469 e. The lowest BCUT2D eigenvalue weighted by molar-refractivity contribution is -0.139. The fourth-order valence-corrected chi connectivity index (χ4v) is 4.18. The number of benzene rings is 3. The molecule has 0 heterocycles. The van der Waals surface area contributed by atoms with E-state index in [1.807, 2.05) is 36.4 Å². The first-order chi connectivity index (χ1) is 15.9. The Morgan fingerprint density at radius 2 is 1.58 bits per heavy atom. The molecule has 8 heteroatoms. The normalized spacial score (nSPS) is 12.0. The molecule has 168 valence electrons. The van der Waals surface area contributed by atoms with E-state index in [4.69, 9.17) is 4.74 Å². The van der Waals surface area contributed by atoms with Gasteiger partial charge in [0.15, 0.2) is 0 Å². The van der Waals surface area contributed by atoms with Crippen molar-refractivity contribution in [3.63, 3.8) is 0 Å². The van der Waals surface area contributed by atoms with Crippen molar-refractivity contribution in [1.29, 1.82) is 0 Å². The standard InChI is InChI=1S/C25H24BNO6/c1-27(18-12-16(13-24(28)32-2)11-17(14-18)26(30)31)25(29)33-15-23-21-9-5-3-7-19(21)20-8-4-6-10-22(20)23/h3-12,14,23,30-31H,13,15H2,1-2H3. The number of rotatable bonds is 6. The number of methoxy groups -OCH3 is 1. The highest BCUT2D eigenvalue weighted by Gasteiger charge is 2.29. The van der Waals surface area contributed by atoms with Gasteiger partial charge in [0.1, 0.15) is 6.61 Å². The SMILES string of the molecule is COC(=O)Cc1cc(B(O)O)cc(N(C)C(=O)OCC2c3ccccc3-c3ccccc32)c1. The van der Waals surface area contributed by atoms with Crippen molar-refractivity contribution in [1.82, 2.24) is 0 Å². The van der Waals surface area contributed by atoms with Crippen molar-refractivity contribution in [2.75, 3.05) is 25.7 Å². The van der Waals surface area contributed by atoms with Crippen LogP contribution < -0.4 is 10.4 Å². The van der Waals surface area contributed by atoms with Crippen molar-refractivity contribution >= 4 is 30.3 Å². The molecule has 4 rings (SSSR count). The zero-order chi connectivity index (χ0) is 23.5. The van der Waals surface area contributed by atoms with Gasteiger partial charge in [-0.3, -0.25) is 9.69 Å². The number of ether oxygens (including phenoxy) is 2. The summed E-state index contributed by atoms with van der Waals surface area (Å²) in [6.07, 6.45) is -0.659. The highest BCUT2D eigenvalue weighted by molar-refractivity contribution is 6.58. The average Bonchev–Trinajstić information content (AvgIpc) is 3.15. The first kappa shape index (κ1) is 22.6. The molecule has 7 nitrogen and oxygen atoms in total. The van der Waals surface area contributed by atoms with Crippen LogP contribution in [0.25, 0.3) is 11.1 Å². The van der Waals surface area contributed by atoms with Crippen molar-refractivity contribution < 1.29 is 29.1 Å². The molecule has 0 bridgehead atoms. The number of fused-ring (bicyclic) bond motifs is 3. The molecule has 33 heavy (non-hydrogen) atoms. The molecule has 1 aliphatic carbocycles. The average molecular weight is 445 g/mol. The molecular formula is C25H24BNO6. The van der Waals surface area contributed by atoms with Crippen molar-refractivity contribution in [2.45, 2.75) is 12.3 Å². The van der Waals surface area contributed by atoms with Gasteiger partial charge in [0.2, 0.25) is 0 Å². The maximum atomic E-state index is 12.9. The Bertz CT molecular complexity index is 1150. The zero-order valence-corrected chi connectivity index (χ0v) is 18.4. The van der Waals surface area contributed by atoms with E-state index in [1.54, 1.807) is 6.07 Å². The summed E-state index contributed by atoms with van der Waals surface area (Å²) in [5.41, 5.74) is 5.51. The first-order valence-corrected chi connectivity index (χ1v) is 10.5. The van der Waals surface area contributed by atoms with Gasteiger partial charge in [-0.15, -0.1) is 0 Å². The number of hydrogen-bond donors (Lipinski definition) is 2. The van der Waals surface area contributed by atoms with Gasteiger partial charge in [-0.25, -0.2) is 4.79 Å². The quantitative estimate of drug-likeness (QED) is 0.447. The van der Waals surface area contributed by atoms with Crippen LogP contribution in [0.5, 0.6) is 0 Å². The summed E-state index contributed by atoms with van der Waals surface area (Å²) in [5, 5.41) is 19.2. The summed E-state index contributed by atoms with van der Waals surface area (Å²) in [4.78, 5) is 25.8. The van der Waals surface area contributed by atoms with Crippen LogP contribution in [0.15, 0.2) is 66.7 Å². The van der Waals surface area contributed by atoms with Gasteiger partial charge in [-0.1, -0.05) is 54.6 Å². The second kappa shape index (κ2) is 9.48. The van der Waals surface area contributed by atoms with Gasteiger partial charge < -0.3 is 19.5 Å². The van der Waals surface area contributed by atoms with Crippen LogP contribution in [0.3, 0.4) is 0 Å². The van der Waals surface area contributed by atoms with E-state index in [9.17, 15) is 19.6 Å². The molecule has 2 N–H and O–H groups in total. The first-order valence-electron chi connectivity index (χ1n) is 10.5. The van der Waals surface area contributed by atoms with E-state index in [-0.39, 0.29) is 24.4 Å². The molecule has 3 aromatic rings. The van der Waals surface area contributed by atoms with Crippen LogP contribution in [-0.4, -0.2) is 50.0 Å². The largest absolute Gasteiger partial charge is 0.488 e. The minimum absolute atomic E-state index is 0.0669. The Hall–Kier alpha value is -3.62. The van der Waals surface area contributed by atoms with E-state index in [0.717, 1.165) is 22.3 Å². The summed E-state index contributed by atoms with van der Waals surface area (Å²) in [6, 6.07) is 20.7. The molecule has 1 amide bonds. The number of amides is 1. The van der Waals surface area contributed by atoms with Crippen LogP contribution in [0.4, 0.5) is 10.5 Å². The summed E-state index contributed by atoms with van der Waals surface area (Å²) in [7, 11) is 1.05. The van der Waals surface area contributed by atoms with Crippen molar-refractivity contribution in [3.8, 4) is 11.1 Å². The summed E-state index contributed by atoms with van der Waals surface area (Å²) in [6.45, 7) is 0.161. The van der Waals surface area contributed by atoms with E-state index in [2.05, 4.69) is 16.9 Å². The third-order valence-electron chi connectivity index (χ3n) is 5.87. The molecule has 1 aliphatic rings. The number of carbonyl (C=O) groups is 2. The molecular weight excluding hydrogens is 421 g/mol. The molecule has 0 spiro atoms. The Labute approximate surface area is 192 Å². The summed E-state index contributed by atoms with van der Waals surface area (Å²) >= 11 is 0. The molecule has 3 aromatic carbocycles. The van der Waals surface area contributed by atoms with Crippen molar-refractivity contribution in [3.05, 3.63) is 83.4 Å². The molecule has 0 saturated carbocycles. The Morgan fingerprint density at radius 3 is 2.15 bits per heavy atom. The van der Waals surface area contributed by atoms with Crippen LogP contribution in [0, 0.1) is 0 Å². The second-order valence-electron chi connectivity index (χ2n) is 7.92. The van der Waals surface area contributed by atoms with Crippen LogP contribution in [0.1, 0.15) is 22.6 Å². The zero-order valence-electron chi connectivity index (χ0n) is 18.4. The predicted molar refractivity (Wildman–Crippen MR) is 125 cm³/mol. The van der Waals surface area contributed by atoms with Crippen LogP contribution >= 0.6 is 0 Å². The summed E-state index contributed by atoms with van der Waals surface area (Å²) in [5.74, 6) is -0.551. The van der Waals surface area contributed by atoms with Crippen LogP contribution in [0.2, 0.25) is 0 Å². The van der Waals surface area contributed by atoms with Gasteiger partial charge in [0, 0.05) is 18.7 Å². The molecule has 0 radical (unpaired) electrons. The lowest BCUT2D eigenvalue weighted by atomic mass is 9.79. The molecule has 0 fully saturated rings. The Kier molecular flexibility index (Phi) is 6.49. The highest BCUT2D eigenvalue weighted by Crippen LogP contribution is 2.44. The Morgan fingerprint density at radius 1 is 0.970 bits per heavy atom. The minimum atomic E-state index is -1.75. The number of nitrogens with zero attached hydrogens (tertiary/aromatic N) is 1. The molecule has 0 unspecified atom stereocenters. The number of esters is 1. The predicted octanol–water partition coefficient (Wildman–Crippen LogP) is 2.47. The fourth-order valence-electron chi connectivity index (χ4n) is 4.18. The maximum Gasteiger partial charge on any atom is 0.488 e. The van der Waals surface area contributed by atoms with Gasteiger partial charge in [-0.05, 0) is 45.4 Å². The van der Waals surface area contributed by atoms with Gasteiger partial charge >= 0.3 is 19.2 Å². The molecule has 0 aromatic heterocycles. The van der Waals surface area contributed by atoms with Crippen molar-refractivity contribution in [2.24, 2.45) is 0 Å². The van der Waals surface area contributed by atoms with Gasteiger partial charge in [-0.2, -0.15) is 0 Å². The topological polar surface area (TPSA) is 96.3 Å². The fraction of sp³-hybridized carbons (Fsp3) is 0.200. The lowest BCUT2D eigenvalue weighted by Gasteiger charge is -2.21. The number of anilines is 1. The Balaban J connectivity index is 1.53. The van der Waals surface area contributed by atoms with Gasteiger partial charge in [0.25, 0.3) is 0 Å². The third-order valence-corrected chi connectivity index (χ3v) is 5.87. The van der Waals surface area contributed by atoms with Crippen LogP contribution in [-0.2, 0) is 20.7 Å². The summed E-state index contributed by atoms with van der Waals surface area (Å²) < 4.78 is 10.4. The van der Waals surface area contributed by atoms with E-state index < -0.39 is 19.2 Å². The highest BCUT2D eigenvalue weighted by atomic mass is 16.6. The maximum absolute atomic E-state index is 12.9. The van der Waals surface area contributed by atoms with E-state index in [0.29, 0.717) is 11.3 Å². The molecule has 0 atom stereocenters. The monoisotopic (exact) mass is 445 g/mol. The van der Waals surface area contributed by atoms with Gasteiger partial charge in [0.05, 0.1) is 13.5 Å².